The summed E-state index contributed by atoms with van der Waals surface area (Å²) >= 11 is 1.50. The summed E-state index contributed by atoms with van der Waals surface area (Å²) in [6.07, 6.45) is 2.57. The normalized spacial score (nSPS) is 15.0. The first-order valence-corrected chi connectivity index (χ1v) is 7.21. The first kappa shape index (κ1) is 12.5. The minimum Gasteiger partial charge on any atom is -0.425 e. The number of aromatic nitrogens is 6. The van der Waals surface area contributed by atoms with Crippen molar-refractivity contribution < 1.29 is 4.42 Å². The third-order valence-corrected chi connectivity index (χ3v) is 3.67. The van der Waals surface area contributed by atoms with E-state index in [-0.39, 0.29) is 0 Å². The summed E-state index contributed by atoms with van der Waals surface area (Å²) < 4.78 is 7.10. The van der Waals surface area contributed by atoms with Crippen LogP contribution in [-0.4, -0.2) is 43.0 Å². The molecule has 19 heavy (non-hydrogen) atoms. The second-order valence-electron chi connectivity index (χ2n) is 4.42. The van der Waals surface area contributed by atoms with Gasteiger partial charge in [-0.25, -0.2) is 4.68 Å². The van der Waals surface area contributed by atoms with Crippen molar-refractivity contribution in [1.29, 1.82) is 0 Å². The average molecular weight is 281 g/mol. The van der Waals surface area contributed by atoms with Crippen LogP contribution < -0.4 is 5.32 Å². The van der Waals surface area contributed by atoms with Gasteiger partial charge in [0.15, 0.2) is 0 Å². The zero-order chi connectivity index (χ0) is 13.1. The third-order valence-electron chi connectivity index (χ3n) is 2.73. The molecule has 1 saturated carbocycles. The molecule has 2 aromatic rings. The minimum atomic E-state index is 0.573. The number of hydrogen-bond acceptors (Lipinski definition) is 8. The van der Waals surface area contributed by atoms with Crippen molar-refractivity contribution in [2.45, 2.75) is 43.3 Å². The van der Waals surface area contributed by atoms with Crippen LogP contribution in [0.1, 0.15) is 24.6 Å². The Balaban J connectivity index is 1.50. The topological polar surface area (TPSA) is 94.5 Å². The molecule has 0 amide bonds. The van der Waals surface area contributed by atoms with Gasteiger partial charge in [-0.15, -0.1) is 15.3 Å². The average Bonchev–Trinajstić information content (AvgIpc) is 2.95. The molecule has 1 aliphatic carbocycles. The molecule has 0 radical (unpaired) electrons. The summed E-state index contributed by atoms with van der Waals surface area (Å²) in [4.78, 5) is 0. The van der Waals surface area contributed by atoms with Crippen molar-refractivity contribution >= 4 is 11.8 Å². The molecule has 9 heteroatoms. The second-order valence-corrected chi connectivity index (χ2v) is 5.36. The molecule has 0 bridgehead atoms. The lowest BCUT2D eigenvalue weighted by Crippen LogP contribution is -2.22. The quantitative estimate of drug-likeness (QED) is 0.729. The van der Waals surface area contributed by atoms with E-state index in [1.807, 2.05) is 0 Å². The van der Waals surface area contributed by atoms with Crippen LogP contribution in [-0.2, 0) is 12.3 Å². The van der Waals surface area contributed by atoms with Crippen LogP contribution in [0.4, 0.5) is 0 Å². The van der Waals surface area contributed by atoms with E-state index in [0.29, 0.717) is 23.6 Å². The van der Waals surface area contributed by atoms with E-state index in [0.717, 1.165) is 18.2 Å². The zero-order valence-electron chi connectivity index (χ0n) is 10.6. The summed E-state index contributed by atoms with van der Waals surface area (Å²) in [7, 11) is 0. The highest BCUT2D eigenvalue weighted by Gasteiger charge is 2.20. The van der Waals surface area contributed by atoms with Crippen LogP contribution in [0.3, 0.4) is 0 Å². The van der Waals surface area contributed by atoms with Crippen molar-refractivity contribution in [3.63, 3.8) is 0 Å². The van der Waals surface area contributed by atoms with Gasteiger partial charge >= 0.3 is 0 Å². The fraction of sp³-hybridized carbons (Fsp3) is 0.700. The monoisotopic (exact) mass is 281 g/mol. The molecular formula is C10H15N7OS. The van der Waals surface area contributed by atoms with Crippen LogP contribution in [0.15, 0.2) is 9.57 Å². The number of tetrazole rings is 1. The minimum absolute atomic E-state index is 0.573. The molecule has 2 heterocycles. The van der Waals surface area contributed by atoms with Gasteiger partial charge < -0.3 is 9.73 Å². The Bertz CT molecular complexity index is 535. The van der Waals surface area contributed by atoms with Gasteiger partial charge in [-0.1, -0.05) is 11.8 Å². The van der Waals surface area contributed by atoms with Crippen molar-refractivity contribution in [2.75, 3.05) is 6.54 Å². The molecule has 2 aromatic heterocycles. The second kappa shape index (κ2) is 5.66. The first-order chi connectivity index (χ1) is 9.31. The summed E-state index contributed by atoms with van der Waals surface area (Å²) in [5.74, 6) is 1.74. The predicted molar refractivity (Wildman–Crippen MR) is 67.4 cm³/mol. The van der Waals surface area contributed by atoms with Crippen LogP contribution in [0.5, 0.6) is 0 Å². The lowest BCUT2D eigenvalue weighted by molar-refractivity contribution is 0.484. The number of nitrogens with zero attached hydrogens (tertiary/aromatic N) is 6. The van der Waals surface area contributed by atoms with E-state index >= 15 is 0 Å². The number of hydrogen-bond donors (Lipinski definition) is 1. The fourth-order valence-electron chi connectivity index (χ4n) is 1.62. The first-order valence-electron chi connectivity index (χ1n) is 6.22. The van der Waals surface area contributed by atoms with Crippen LogP contribution in [0.25, 0.3) is 0 Å². The molecule has 8 nitrogen and oxygen atoms in total. The molecule has 0 spiro atoms. The van der Waals surface area contributed by atoms with E-state index in [4.69, 9.17) is 4.42 Å². The Morgan fingerprint density at radius 2 is 2.26 bits per heavy atom. The molecule has 1 N–H and O–H groups in total. The van der Waals surface area contributed by atoms with E-state index in [2.05, 4.69) is 31.0 Å². The summed E-state index contributed by atoms with van der Waals surface area (Å²) in [6.45, 7) is 3.44. The van der Waals surface area contributed by atoms with Crippen LogP contribution in [0.2, 0.25) is 0 Å². The molecule has 1 fully saturated rings. The van der Waals surface area contributed by atoms with Gasteiger partial charge in [0.1, 0.15) is 0 Å². The molecule has 0 aromatic carbocycles. The number of rotatable bonds is 7. The maximum atomic E-state index is 5.31. The molecule has 102 valence electrons. The Labute approximate surface area is 114 Å². The fourth-order valence-corrected chi connectivity index (χ4v) is 2.36. The smallest absolute Gasteiger partial charge is 0.226 e. The Morgan fingerprint density at radius 3 is 3.00 bits per heavy atom. The van der Waals surface area contributed by atoms with Crippen molar-refractivity contribution in [2.24, 2.45) is 0 Å². The molecular weight excluding hydrogens is 266 g/mol. The highest BCUT2D eigenvalue weighted by atomic mass is 32.2. The van der Waals surface area contributed by atoms with Crippen molar-refractivity contribution in [3.8, 4) is 0 Å². The number of nitrogens with one attached hydrogen (secondary N) is 1. The van der Waals surface area contributed by atoms with E-state index in [1.165, 1.54) is 24.6 Å². The summed E-state index contributed by atoms with van der Waals surface area (Å²) in [5, 5.41) is 23.6. The lowest BCUT2D eigenvalue weighted by atomic mass is 10.6. The number of thioether (sulfide) groups is 1. The molecule has 0 saturated heterocycles. The van der Waals surface area contributed by atoms with Crippen molar-refractivity contribution in [3.05, 3.63) is 11.8 Å². The SMILES string of the molecule is Cc1nnc(CSc2nnnn2CCNC2CC2)o1. The van der Waals surface area contributed by atoms with E-state index in [9.17, 15) is 0 Å². The van der Waals surface area contributed by atoms with E-state index in [1.54, 1.807) is 11.6 Å². The van der Waals surface area contributed by atoms with Crippen LogP contribution in [0, 0.1) is 6.92 Å². The zero-order valence-corrected chi connectivity index (χ0v) is 11.4. The highest BCUT2D eigenvalue weighted by molar-refractivity contribution is 7.98. The molecule has 1 aliphatic rings. The van der Waals surface area contributed by atoms with Gasteiger partial charge in [-0.3, -0.25) is 0 Å². The van der Waals surface area contributed by atoms with Crippen LogP contribution >= 0.6 is 11.8 Å². The molecule has 0 atom stereocenters. The molecule has 3 rings (SSSR count). The molecule has 0 unspecified atom stereocenters. The Morgan fingerprint density at radius 1 is 1.37 bits per heavy atom. The lowest BCUT2D eigenvalue weighted by Gasteiger charge is -2.04. The van der Waals surface area contributed by atoms with Gasteiger partial charge in [-0.05, 0) is 23.3 Å². The van der Waals surface area contributed by atoms with Gasteiger partial charge in [0.25, 0.3) is 0 Å². The van der Waals surface area contributed by atoms with E-state index < -0.39 is 0 Å². The predicted octanol–water partition coefficient (Wildman–Crippen LogP) is 0.409. The Kier molecular flexibility index (Phi) is 3.74. The number of aryl methyl sites for hydroxylation is 1. The van der Waals surface area contributed by atoms with Gasteiger partial charge in [0.05, 0.1) is 12.3 Å². The van der Waals surface area contributed by atoms with Gasteiger partial charge in [0, 0.05) is 19.5 Å². The van der Waals surface area contributed by atoms with Crippen molar-refractivity contribution in [1.82, 2.24) is 35.7 Å². The molecule has 0 aliphatic heterocycles. The van der Waals surface area contributed by atoms with Gasteiger partial charge in [0.2, 0.25) is 16.9 Å². The third kappa shape index (κ3) is 3.51. The standard InChI is InChI=1S/C10H15N7OS/c1-7-12-13-9(18-7)6-19-10-14-15-16-17(10)5-4-11-8-2-3-8/h8,11H,2-6H2,1H3. The summed E-state index contributed by atoms with van der Waals surface area (Å²) in [5.41, 5.74) is 0. The largest absolute Gasteiger partial charge is 0.425 e. The Hall–Kier alpha value is -1.48. The maximum absolute atomic E-state index is 5.31. The summed E-state index contributed by atoms with van der Waals surface area (Å²) in [6, 6.07) is 0.703. The maximum Gasteiger partial charge on any atom is 0.226 e. The van der Waals surface area contributed by atoms with Gasteiger partial charge in [-0.2, -0.15) is 0 Å². The highest BCUT2D eigenvalue weighted by Crippen LogP contribution is 2.20.